The van der Waals surface area contributed by atoms with E-state index in [9.17, 15) is 19.2 Å². The number of amides is 2. The zero-order valence-electron chi connectivity index (χ0n) is 17.5. The van der Waals surface area contributed by atoms with Crippen molar-refractivity contribution in [3.63, 3.8) is 0 Å². The molecule has 0 radical (unpaired) electrons. The van der Waals surface area contributed by atoms with Gasteiger partial charge >= 0.3 is 0 Å². The van der Waals surface area contributed by atoms with Crippen molar-refractivity contribution in [2.45, 2.75) is 11.7 Å². The van der Waals surface area contributed by atoms with Gasteiger partial charge in [-0.25, -0.2) is 4.39 Å². The third kappa shape index (κ3) is 5.10. The third-order valence-corrected chi connectivity index (χ3v) is 6.94. The molecule has 1 aliphatic heterocycles. The van der Waals surface area contributed by atoms with Gasteiger partial charge in [0.15, 0.2) is 0 Å². The highest BCUT2D eigenvalue weighted by molar-refractivity contribution is 8.05. The minimum atomic E-state index is -0.707. The van der Waals surface area contributed by atoms with Crippen molar-refractivity contribution in [1.82, 2.24) is 0 Å². The summed E-state index contributed by atoms with van der Waals surface area (Å²) in [4.78, 5) is 27.8. The number of halogens is 3. The molecule has 3 aromatic carbocycles. The Morgan fingerprint density at radius 1 is 1.06 bits per heavy atom. The van der Waals surface area contributed by atoms with Gasteiger partial charge < -0.3 is 5.32 Å². The lowest BCUT2D eigenvalue weighted by Gasteiger charge is -2.19. The van der Waals surface area contributed by atoms with Crippen molar-refractivity contribution in [3.8, 4) is 6.07 Å². The van der Waals surface area contributed by atoms with Crippen LogP contribution in [-0.4, -0.2) is 17.1 Å². The van der Waals surface area contributed by atoms with Gasteiger partial charge in [-0.15, -0.1) is 0 Å². The fraction of sp³-hybridized carbons (Fsp3) is 0.0800. The lowest BCUT2D eigenvalue weighted by Crippen LogP contribution is -2.31. The number of carbonyl (C=O) groups excluding carboxylic acids is 2. The van der Waals surface area contributed by atoms with Gasteiger partial charge in [0.25, 0.3) is 5.91 Å². The van der Waals surface area contributed by atoms with Gasteiger partial charge in [-0.1, -0.05) is 53.2 Å². The minimum Gasteiger partial charge on any atom is -0.321 e. The number of nitrogens with one attached hydrogen (secondary N) is 1. The number of hydrogen-bond acceptors (Lipinski definition) is 4. The van der Waals surface area contributed by atoms with E-state index in [-0.39, 0.29) is 16.5 Å². The Bertz CT molecular complexity index is 1320. The molecule has 4 rings (SSSR count). The van der Waals surface area contributed by atoms with Crippen LogP contribution >= 0.6 is 35.0 Å². The van der Waals surface area contributed by atoms with Gasteiger partial charge in [0.1, 0.15) is 22.5 Å². The van der Waals surface area contributed by atoms with Crippen molar-refractivity contribution in [2.75, 3.05) is 10.2 Å². The number of rotatable bonds is 5. The highest BCUT2D eigenvalue weighted by atomic mass is 35.5. The highest BCUT2D eigenvalue weighted by Gasteiger charge is 2.41. The van der Waals surface area contributed by atoms with E-state index in [0.717, 1.165) is 17.3 Å². The molecule has 9 heteroatoms. The van der Waals surface area contributed by atoms with Crippen molar-refractivity contribution < 1.29 is 14.0 Å². The second-order valence-corrected chi connectivity index (χ2v) is 9.34. The third-order valence-electron chi connectivity index (χ3n) is 5.06. The molecule has 34 heavy (non-hydrogen) atoms. The molecule has 5 nitrogen and oxygen atoms in total. The van der Waals surface area contributed by atoms with Crippen LogP contribution in [-0.2, 0) is 16.0 Å². The molecule has 3 aromatic rings. The maximum Gasteiger partial charge on any atom is 0.269 e. The molecular formula is C25H16Cl2FN3O2S. The van der Waals surface area contributed by atoms with Crippen molar-refractivity contribution in [3.05, 3.63) is 105 Å². The first-order valence-electron chi connectivity index (χ1n) is 10.1. The van der Waals surface area contributed by atoms with Crippen LogP contribution in [0.1, 0.15) is 5.56 Å². The molecule has 0 aromatic heterocycles. The van der Waals surface area contributed by atoms with E-state index in [2.05, 4.69) is 5.32 Å². The van der Waals surface area contributed by atoms with E-state index in [0.29, 0.717) is 27.8 Å². The van der Waals surface area contributed by atoms with Gasteiger partial charge in [0, 0.05) is 21.4 Å². The van der Waals surface area contributed by atoms with Crippen LogP contribution in [0.5, 0.6) is 0 Å². The van der Waals surface area contributed by atoms with Gasteiger partial charge in [0.05, 0.1) is 5.25 Å². The molecule has 0 aliphatic carbocycles. The average molecular weight is 512 g/mol. The van der Waals surface area contributed by atoms with E-state index in [1.54, 1.807) is 36.4 Å². The molecule has 0 unspecified atom stereocenters. The quantitative estimate of drug-likeness (QED) is 0.327. The lowest BCUT2D eigenvalue weighted by atomic mass is 10.1. The van der Waals surface area contributed by atoms with Crippen LogP contribution in [0.4, 0.5) is 15.8 Å². The van der Waals surface area contributed by atoms with Crippen molar-refractivity contribution in [2.24, 2.45) is 0 Å². The fourth-order valence-corrected chi connectivity index (χ4v) is 5.04. The molecular weight excluding hydrogens is 496 g/mol. The molecule has 1 N–H and O–H groups in total. The summed E-state index contributed by atoms with van der Waals surface area (Å²) in [6, 6.07) is 20.8. The normalized spacial score (nSPS) is 16.8. The molecule has 170 valence electrons. The summed E-state index contributed by atoms with van der Waals surface area (Å²) in [5.74, 6) is -1.45. The molecule has 1 heterocycles. The van der Waals surface area contributed by atoms with E-state index in [1.165, 1.54) is 29.2 Å². The maximum atomic E-state index is 13.5. The first-order chi connectivity index (χ1) is 16.4. The van der Waals surface area contributed by atoms with Crippen molar-refractivity contribution in [1.29, 1.82) is 5.26 Å². The fourth-order valence-electron chi connectivity index (χ4n) is 3.40. The number of benzene rings is 3. The minimum absolute atomic E-state index is 0.200. The molecule has 1 fully saturated rings. The van der Waals surface area contributed by atoms with E-state index >= 15 is 0 Å². The number of anilines is 2. The second kappa shape index (κ2) is 10.3. The maximum absolute atomic E-state index is 13.5. The Morgan fingerprint density at radius 2 is 1.74 bits per heavy atom. The molecule has 1 saturated heterocycles. The number of carbonyl (C=O) groups is 2. The summed E-state index contributed by atoms with van der Waals surface area (Å²) in [5.41, 5.74) is 1.33. The van der Waals surface area contributed by atoms with Crippen LogP contribution < -0.4 is 10.2 Å². The predicted octanol–water partition coefficient (Wildman–Crippen LogP) is 6.20. The summed E-state index contributed by atoms with van der Waals surface area (Å²) < 4.78 is 13.2. The van der Waals surface area contributed by atoms with Crippen molar-refractivity contribution >= 4 is 58.2 Å². The Balaban J connectivity index is 1.73. The van der Waals surface area contributed by atoms with Gasteiger partial charge in [-0.05, 0) is 66.6 Å². The molecule has 1 aliphatic rings. The Labute approximate surface area is 209 Å². The van der Waals surface area contributed by atoms with Crippen LogP contribution in [0.25, 0.3) is 0 Å². The molecule has 1 atom stereocenters. The van der Waals surface area contributed by atoms with E-state index in [4.69, 9.17) is 23.2 Å². The van der Waals surface area contributed by atoms with Crippen LogP contribution in [0.3, 0.4) is 0 Å². The number of nitriles is 1. The summed E-state index contributed by atoms with van der Waals surface area (Å²) in [5, 5.41) is 13.1. The average Bonchev–Trinajstić information content (AvgIpc) is 3.13. The molecule has 0 saturated carbocycles. The number of hydrogen-bond donors (Lipinski definition) is 1. The monoisotopic (exact) mass is 511 g/mol. The first-order valence-corrected chi connectivity index (χ1v) is 11.7. The lowest BCUT2D eigenvalue weighted by molar-refractivity contribution is -0.117. The number of thioether (sulfide) groups is 1. The largest absolute Gasteiger partial charge is 0.321 e. The zero-order valence-corrected chi connectivity index (χ0v) is 19.8. The number of nitrogens with zero attached hydrogens (tertiary/aromatic N) is 2. The summed E-state index contributed by atoms with van der Waals surface area (Å²) >= 11 is 13.4. The SMILES string of the molecule is N#C/C(C(=O)Nc1ccc(F)cc1)=C1\S[C@@H](Cc2ccccc2Cl)C(=O)N1c1ccc(Cl)cc1. The standard InChI is InChI=1S/C25H16Cl2FN3O2S/c26-16-5-11-19(12-6-16)31-24(33)22(13-15-3-1-2-4-21(15)27)34-25(31)20(14-29)23(32)30-18-9-7-17(28)8-10-18/h1-12,22H,13H2,(H,30,32)/b25-20+/t22-/m0/s1. The molecule has 0 bridgehead atoms. The zero-order chi connectivity index (χ0) is 24.2. The Morgan fingerprint density at radius 3 is 2.38 bits per heavy atom. The van der Waals surface area contributed by atoms with Gasteiger partial charge in [-0.3, -0.25) is 14.5 Å². The van der Waals surface area contributed by atoms with Gasteiger partial charge in [0.2, 0.25) is 5.91 Å². The topological polar surface area (TPSA) is 73.2 Å². The van der Waals surface area contributed by atoms with Gasteiger partial charge in [-0.2, -0.15) is 5.26 Å². The Hall–Kier alpha value is -3.31. The van der Waals surface area contributed by atoms with E-state index < -0.39 is 17.0 Å². The summed E-state index contributed by atoms with van der Waals surface area (Å²) in [7, 11) is 0. The van der Waals surface area contributed by atoms with Crippen LogP contribution in [0.15, 0.2) is 83.4 Å². The van der Waals surface area contributed by atoms with E-state index in [1.807, 2.05) is 18.2 Å². The van der Waals surface area contributed by atoms with Crippen LogP contribution in [0.2, 0.25) is 10.0 Å². The molecule has 2 amide bonds. The first kappa shape index (κ1) is 23.8. The molecule has 0 spiro atoms. The van der Waals surface area contributed by atoms with Crippen LogP contribution in [0, 0.1) is 17.1 Å². The second-order valence-electron chi connectivity index (χ2n) is 7.31. The summed E-state index contributed by atoms with van der Waals surface area (Å²) in [6.07, 6.45) is 0.315. The Kier molecular flexibility index (Phi) is 7.23. The smallest absolute Gasteiger partial charge is 0.269 e. The summed E-state index contributed by atoms with van der Waals surface area (Å²) in [6.45, 7) is 0. The predicted molar refractivity (Wildman–Crippen MR) is 133 cm³/mol. The highest BCUT2D eigenvalue weighted by Crippen LogP contribution is 2.42.